The summed E-state index contributed by atoms with van der Waals surface area (Å²) in [5.74, 6) is -0.683. The molecule has 1 aromatic carbocycles. The number of amides is 1. The van der Waals surface area contributed by atoms with Crippen LogP contribution in [0.2, 0.25) is 0 Å². The Morgan fingerprint density at radius 2 is 1.89 bits per heavy atom. The predicted molar refractivity (Wildman–Crippen MR) is 91.4 cm³/mol. The Hall–Kier alpha value is -3.36. The van der Waals surface area contributed by atoms with Crippen LogP contribution in [0.5, 0.6) is 0 Å². The van der Waals surface area contributed by atoms with E-state index in [2.05, 4.69) is 5.10 Å². The van der Waals surface area contributed by atoms with Crippen LogP contribution in [0.4, 0.5) is 13.2 Å². The molecule has 0 radical (unpaired) electrons. The fraction of sp³-hybridized carbons (Fsp3) is 0.167. The van der Waals surface area contributed by atoms with Gasteiger partial charge in [-0.05, 0) is 24.3 Å². The van der Waals surface area contributed by atoms with Crippen molar-refractivity contribution in [3.8, 4) is 5.69 Å². The summed E-state index contributed by atoms with van der Waals surface area (Å²) in [7, 11) is 1.46. The van der Waals surface area contributed by atoms with Gasteiger partial charge in [-0.15, -0.1) is 0 Å². The van der Waals surface area contributed by atoms with Crippen molar-refractivity contribution in [1.82, 2.24) is 19.7 Å². The molecule has 0 saturated heterocycles. The summed E-state index contributed by atoms with van der Waals surface area (Å²) in [6.45, 7) is 0.145. The van der Waals surface area contributed by atoms with E-state index in [1.807, 2.05) is 30.3 Å². The molecule has 0 aliphatic heterocycles. The fourth-order valence-electron chi connectivity index (χ4n) is 2.52. The van der Waals surface area contributed by atoms with Crippen molar-refractivity contribution in [2.45, 2.75) is 12.7 Å². The number of nitrogens with one attached hydrogen (secondary N) is 1. The second-order valence-electron chi connectivity index (χ2n) is 5.90. The lowest BCUT2D eigenvalue weighted by Crippen LogP contribution is -2.32. The van der Waals surface area contributed by atoms with Crippen LogP contribution in [0.15, 0.2) is 59.7 Å². The van der Waals surface area contributed by atoms with Gasteiger partial charge in [-0.2, -0.15) is 18.3 Å². The summed E-state index contributed by atoms with van der Waals surface area (Å²) in [5.41, 5.74) is -1.09. The lowest BCUT2D eigenvalue weighted by Gasteiger charge is -2.16. The van der Waals surface area contributed by atoms with E-state index in [-0.39, 0.29) is 12.1 Å². The predicted octanol–water partition coefficient (Wildman–Crippen LogP) is 2.85. The zero-order valence-electron chi connectivity index (χ0n) is 14.2. The minimum Gasteiger partial charge on any atom is -0.337 e. The molecule has 0 aliphatic rings. The molecule has 2 heterocycles. The van der Waals surface area contributed by atoms with Crippen molar-refractivity contribution < 1.29 is 18.0 Å². The second kappa shape index (κ2) is 7.10. The van der Waals surface area contributed by atoms with Crippen molar-refractivity contribution >= 4 is 5.91 Å². The highest BCUT2D eigenvalue weighted by Crippen LogP contribution is 2.26. The van der Waals surface area contributed by atoms with E-state index >= 15 is 0 Å². The van der Waals surface area contributed by atoms with Gasteiger partial charge in [0, 0.05) is 25.4 Å². The third kappa shape index (κ3) is 4.08. The molecule has 0 atom stereocenters. The van der Waals surface area contributed by atoms with Crippen molar-refractivity contribution in [1.29, 1.82) is 0 Å². The number of para-hydroxylation sites is 1. The molecular formula is C18H15F3N4O2. The standard InChI is InChI=1S/C18H15F3N4O2/c1-24(10-12-9-22-25(11-12)13-5-3-2-4-6-13)17(27)14-7-8-15(18(19,20)21)23-16(14)26/h2-9,11H,10H2,1H3,(H,23,26). The first-order chi connectivity index (χ1) is 12.8. The Labute approximate surface area is 151 Å². The van der Waals surface area contributed by atoms with Gasteiger partial charge in [-0.1, -0.05) is 18.2 Å². The molecule has 0 aliphatic carbocycles. The van der Waals surface area contributed by atoms with Crippen LogP contribution >= 0.6 is 0 Å². The number of carbonyl (C=O) groups is 1. The van der Waals surface area contributed by atoms with E-state index in [1.165, 1.54) is 11.9 Å². The highest BCUT2D eigenvalue weighted by molar-refractivity contribution is 5.93. The SMILES string of the molecule is CN(Cc1cnn(-c2ccccc2)c1)C(=O)c1ccc(C(F)(F)F)[nH]c1=O. The molecule has 1 N–H and O–H groups in total. The molecule has 1 amide bonds. The molecule has 6 nitrogen and oxygen atoms in total. The van der Waals surface area contributed by atoms with Crippen molar-refractivity contribution in [3.05, 3.63) is 82.0 Å². The van der Waals surface area contributed by atoms with Crippen molar-refractivity contribution in [2.24, 2.45) is 0 Å². The summed E-state index contributed by atoms with van der Waals surface area (Å²) >= 11 is 0. The number of rotatable bonds is 4. The van der Waals surface area contributed by atoms with Crippen molar-refractivity contribution in [3.63, 3.8) is 0 Å². The van der Waals surface area contributed by atoms with Crippen LogP contribution in [0, 0.1) is 0 Å². The maximum Gasteiger partial charge on any atom is 0.431 e. The Bertz CT molecular complexity index is 1010. The zero-order chi connectivity index (χ0) is 19.6. The van der Waals surface area contributed by atoms with Crippen LogP contribution in [0.25, 0.3) is 5.69 Å². The first-order valence-electron chi connectivity index (χ1n) is 7.90. The van der Waals surface area contributed by atoms with Gasteiger partial charge in [-0.3, -0.25) is 9.59 Å². The molecule has 27 heavy (non-hydrogen) atoms. The van der Waals surface area contributed by atoms with Gasteiger partial charge in [0.15, 0.2) is 0 Å². The van der Waals surface area contributed by atoms with Gasteiger partial charge < -0.3 is 9.88 Å². The average molecular weight is 376 g/mol. The van der Waals surface area contributed by atoms with Crippen LogP contribution in [-0.4, -0.2) is 32.6 Å². The minimum atomic E-state index is -4.68. The number of hydrogen-bond acceptors (Lipinski definition) is 3. The fourth-order valence-corrected chi connectivity index (χ4v) is 2.52. The van der Waals surface area contributed by atoms with Gasteiger partial charge in [-0.25, -0.2) is 4.68 Å². The quantitative estimate of drug-likeness (QED) is 0.761. The van der Waals surface area contributed by atoms with Crippen LogP contribution < -0.4 is 5.56 Å². The number of H-pyrrole nitrogens is 1. The molecule has 140 valence electrons. The second-order valence-corrected chi connectivity index (χ2v) is 5.90. The summed E-state index contributed by atoms with van der Waals surface area (Å²) in [6.07, 6.45) is -1.37. The number of halogens is 3. The van der Waals surface area contributed by atoms with E-state index in [4.69, 9.17) is 0 Å². The molecule has 0 spiro atoms. The maximum atomic E-state index is 12.6. The van der Waals surface area contributed by atoms with Gasteiger partial charge in [0.1, 0.15) is 11.3 Å². The van der Waals surface area contributed by atoms with Gasteiger partial charge in [0.25, 0.3) is 11.5 Å². The third-order valence-corrected chi connectivity index (χ3v) is 3.87. The minimum absolute atomic E-state index is 0.145. The number of pyridine rings is 1. The molecule has 0 bridgehead atoms. The van der Waals surface area contributed by atoms with E-state index in [9.17, 15) is 22.8 Å². The number of aromatic nitrogens is 3. The topological polar surface area (TPSA) is 71.0 Å². The monoisotopic (exact) mass is 376 g/mol. The average Bonchev–Trinajstić information content (AvgIpc) is 3.09. The highest BCUT2D eigenvalue weighted by Gasteiger charge is 2.32. The Morgan fingerprint density at radius 3 is 2.52 bits per heavy atom. The first-order valence-corrected chi connectivity index (χ1v) is 7.90. The largest absolute Gasteiger partial charge is 0.431 e. The number of carbonyl (C=O) groups excluding carboxylic acids is 1. The summed E-state index contributed by atoms with van der Waals surface area (Å²) < 4.78 is 39.5. The molecule has 2 aromatic heterocycles. The number of benzene rings is 1. The lowest BCUT2D eigenvalue weighted by atomic mass is 10.2. The van der Waals surface area contributed by atoms with E-state index < -0.39 is 23.3 Å². The Kier molecular flexibility index (Phi) is 4.85. The maximum absolute atomic E-state index is 12.6. The number of aromatic amines is 1. The zero-order valence-corrected chi connectivity index (χ0v) is 14.2. The number of hydrogen-bond donors (Lipinski definition) is 1. The third-order valence-electron chi connectivity index (χ3n) is 3.87. The summed E-state index contributed by atoms with van der Waals surface area (Å²) in [4.78, 5) is 27.2. The molecule has 9 heteroatoms. The summed E-state index contributed by atoms with van der Waals surface area (Å²) in [5, 5.41) is 4.21. The highest BCUT2D eigenvalue weighted by atomic mass is 19.4. The van der Waals surface area contributed by atoms with Gasteiger partial charge in [0.05, 0.1) is 11.9 Å². The van der Waals surface area contributed by atoms with Crippen molar-refractivity contribution in [2.75, 3.05) is 7.05 Å². The molecular weight excluding hydrogens is 361 g/mol. The van der Waals surface area contributed by atoms with Gasteiger partial charge in [0.2, 0.25) is 0 Å². The number of nitrogens with zero attached hydrogens (tertiary/aromatic N) is 3. The lowest BCUT2D eigenvalue weighted by molar-refractivity contribution is -0.141. The smallest absolute Gasteiger partial charge is 0.337 e. The van der Waals surface area contributed by atoms with E-state index in [0.29, 0.717) is 11.6 Å². The Balaban J connectivity index is 1.75. The molecule has 0 unspecified atom stereocenters. The summed E-state index contributed by atoms with van der Waals surface area (Å²) in [6, 6.07) is 10.9. The van der Waals surface area contributed by atoms with Crippen LogP contribution in [-0.2, 0) is 12.7 Å². The van der Waals surface area contributed by atoms with Crippen LogP contribution in [0.1, 0.15) is 21.6 Å². The van der Waals surface area contributed by atoms with E-state index in [1.54, 1.807) is 22.1 Å². The first kappa shape index (κ1) is 18.4. The molecule has 3 rings (SSSR count). The molecule has 0 fully saturated rings. The normalized spacial score (nSPS) is 11.4. The Morgan fingerprint density at radius 1 is 1.19 bits per heavy atom. The molecule has 3 aromatic rings. The molecule has 0 saturated carbocycles. The van der Waals surface area contributed by atoms with Gasteiger partial charge >= 0.3 is 6.18 Å². The van der Waals surface area contributed by atoms with E-state index in [0.717, 1.165) is 11.8 Å². The number of alkyl halides is 3. The van der Waals surface area contributed by atoms with Crippen LogP contribution in [0.3, 0.4) is 0 Å².